The molecule has 0 unspecified atom stereocenters. The van der Waals surface area contributed by atoms with Gasteiger partial charge in [-0.2, -0.15) is 0 Å². The van der Waals surface area contributed by atoms with E-state index in [1.165, 1.54) is 6.07 Å². The standard InChI is InChI=1S/C13H15BrFNO3/c1-7-8(14)2-3-9(15)12(7)13(18)16-10-6-19-5-4-11(10)17/h2-3,10-11,17H,4-6H2,1H3,(H,16,18)/t10-,11-/m1/s1. The molecule has 1 aliphatic rings. The molecule has 2 rings (SSSR count). The van der Waals surface area contributed by atoms with Gasteiger partial charge in [-0.05, 0) is 31.0 Å². The summed E-state index contributed by atoms with van der Waals surface area (Å²) in [5.74, 6) is -1.12. The van der Waals surface area contributed by atoms with Gasteiger partial charge >= 0.3 is 0 Å². The van der Waals surface area contributed by atoms with E-state index in [-0.39, 0.29) is 12.2 Å². The zero-order valence-corrected chi connectivity index (χ0v) is 12.0. The van der Waals surface area contributed by atoms with Gasteiger partial charge < -0.3 is 15.2 Å². The second-order valence-corrected chi connectivity index (χ2v) is 5.39. The Morgan fingerprint density at radius 1 is 1.58 bits per heavy atom. The number of benzene rings is 1. The monoisotopic (exact) mass is 331 g/mol. The molecule has 1 heterocycles. The summed E-state index contributed by atoms with van der Waals surface area (Å²) in [5.41, 5.74) is 0.524. The van der Waals surface area contributed by atoms with Crippen LogP contribution in [0.3, 0.4) is 0 Å². The van der Waals surface area contributed by atoms with E-state index in [4.69, 9.17) is 4.74 Å². The van der Waals surface area contributed by atoms with Gasteiger partial charge in [-0.1, -0.05) is 15.9 Å². The summed E-state index contributed by atoms with van der Waals surface area (Å²) in [6.45, 7) is 2.37. The molecule has 4 nitrogen and oxygen atoms in total. The lowest BCUT2D eigenvalue weighted by Crippen LogP contribution is -2.49. The Hall–Kier alpha value is -0.980. The van der Waals surface area contributed by atoms with Crippen molar-refractivity contribution in [3.63, 3.8) is 0 Å². The average molecular weight is 332 g/mol. The summed E-state index contributed by atoms with van der Waals surface area (Å²) in [6, 6.07) is 2.29. The Morgan fingerprint density at radius 3 is 3.00 bits per heavy atom. The highest BCUT2D eigenvalue weighted by molar-refractivity contribution is 9.10. The number of hydrogen-bond acceptors (Lipinski definition) is 3. The normalized spacial score (nSPS) is 23.2. The molecule has 0 aliphatic carbocycles. The first-order valence-corrected chi connectivity index (χ1v) is 6.81. The summed E-state index contributed by atoms with van der Waals surface area (Å²) < 4.78 is 19.6. The lowest BCUT2D eigenvalue weighted by Gasteiger charge is -2.28. The number of carbonyl (C=O) groups excluding carboxylic acids is 1. The highest BCUT2D eigenvalue weighted by Crippen LogP contribution is 2.22. The van der Waals surface area contributed by atoms with Crippen LogP contribution in [-0.4, -0.2) is 36.4 Å². The van der Waals surface area contributed by atoms with E-state index in [0.29, 0.717) is 23.1 Å². The van der Waals surface area contributed by atoms with E-state index >= 15 is 0 Å². The van der Waals surface area contributed by atoms with Gasteiger partial charge in [0.05, 0.1) is 24.3 Å². The van der Waals surface area contributed by atoms with Gasteiger partial charge in [-0.25, -0.2) is 4.39 Å². The van der Waals surface area contributed by atoms with E-state index in [0.717, 1.165) is 0 Å². The van der Waals surface area contributed by atoms with Gasteiger partial charge in [0.2, 0.25) is 0 Å². The fourth-order valence-corrected chi connectivity index (χ4v) is 2.37. The number of rotatable bonds is 2. The zero-order valence-electron chi connectivity index (χ0n) is 10.5. The van der Waals surface area contributed by atoms with Crippen molar-refractivity contribution in [2.24, 2.45) is 0 Å². The van der Waals surface area contributed by atoms with Crippen molar-refractivity contribution in [3.05, 3.63) is 33.5 Å². The first-order valence-electron chi connectivity index (χ1n) is 6.02. The highest BCUT2D eigenvalue weighted by atomic mass is 79.9. The number of nitrogens with one attached hydrogen (secondary N) is 1. The number of carbonyl (C=O) groups is 1. The highest BCUT2D eigenvalue weighted by Gasteiger charge is 2.27. The molecule has 6 heteroatoms. The van der Waals surface area contributed by atoms with Crippen LogP contribution in [0.15, 0.2) is 16.6 Å². The Balaban J connectivity index is 2.18. The minimum atomic E-state index is -0.659. The molecule has 19 heavy (non-hydrogen) atoms. The molecule has 1 aliphatic heterocycles. The van der Waals surface area contributed by atoms with Crippen LogP contribution in [0.4, 0.5) is 4.39 Å². The number of ether oxygens (including phenoxy) is 1. The Bertz CT molecular complexity index is 495. The number of aliphatic hydroxyl groups is 1. The summed E-state index contributed by atoms with van der Waals surface area (Å²) in [4.78, 5) is 12.1. The predicted octanol–water partition coefficient (Wildman–Crippen LogP) is 1.78. The van der Waals surface area contributed by atoms with E-state index in [9.17, 15) is 14.3 Å². The van der Waals surface area contributed by atoms with Crippen LogP contribution in [0.1, 0.15) is 22.3 Å². The molecular weight excluding hydrogens is 317 g/mol. The maximum atomic E-state index is 13.8. The molecule has 104 valence electrons. The van der Waals surface area contributed by atoms with Crippen molar-refractivity contribution < 1.29 is 19.0 Å². The molecule has 2 N–H and O–H groups in total. The Labute approximate surface area is 119 Å². The molecule has 1 aromatic rings. The van der Waals surface area contributed by atoms with Crippen LogP contribution in [0.2, 0.25) is 0 Å². The van der Waals surface area contributed by atoms with Gasteiger partial charge in [0.25, 0.3) is 5.91 Å². The van der Waals surface area contributed by atoms with E-state index in [2.05, 4.69) is 21.2 Å². The van der Waals surface area contributed by atoms with Crippen LogP contribution < -0.4 is 5.32 Å². The van der Waals surface area contributed by atoms with Crippen molar-refractivity contribution in [3.8, 4) is 0 Å². The van der Waals surface area contributed by atoms with Gasteiger partial charge in [0, 0.05) is 11.1 Å². The number of halogens is 2. The van der Waals surface area contributed by atoms with Crippen LogP contribution in [0.25, 0.3) is 0 Å². The minimum Gasteiger partial charge on any atom is -0.391 e. The van der Waals surface area contributed by atoms with E-state index < -0.39 is 23.9 Å². The molecule has 0 aromatic heterocycles. The number of aliphatic hydroxyl groups excluding tert-OH is 1. The molecule has 0 radical (unpaired) electrons. The third kappa shape index (κ3) is 3.13. The van der Waals surface area contributed by atoms with Gasteiger partial charge in [0.1, 0.15) is 5.82 Å². The topological polar surface area (TPSA) is 58.6 Å². The molecule has 0 spiro atoms. The average Bonchev–Trinajstić information content (AvgIpc) is 2.37. The molecule has 1 saturated heterocycles. The van der Waals surface area contributed by atoms with Crippen molar-refractivity contribution in [2.45, 2.75) is 25.5 Å². The third-order valence-electron chi connectivity index (χ3n) is 3.21. The second kappa shape index (κ2) is 5.98. The first-order chi connectivity index (χ1) is 9.00. The van der Waals surface area contributed by atoms with E-state index in [1.54, 1.807) is 13.0 Å². The van der Waals surface area contributed by atoms with Crippen molar-refractivity contribution in [2.75, 3.05) is 13.2 Å². The molecule has 0 bridgehead atoms. The summed E-state index contributed by atoms with van der Waals surface area (Å²) in [5, 5.41) is 12.4. The molecular formula is C13H15BrFNO3. The lowest BCUT2D eigenvalue weighted by atomic mass is 10.0. The van der Waals surface area contributed by atoms with Gasteiger partial charge in [-0.15, -0.1) is 0 Å². The fraction of sp³-hybridized carbons (Fsp3) is 0.462. The summed E-state index contributed by atoms with van der Waals surface area (Å²) in [6.07, 6.45) is -0.196. The maximum absolute atomic E-state index is 13.8. The first kappa shape index (κ1) is 14.4. The molecule has 2 atom stereocenters. The largest absolute Gasteiger partial charge is 0.391 e. The second-order valence-electron chi connectivity index (χ2n) is 4.54. The quantitative estimate of drug-likeness (QED) is 0.868. The van der Waals surface area contributed by atoms with Gasteiger partial charge in [-0.3, -0.25) is 4.79 Å². The van der Waals surface area contributed by atoms with Crippen LogP contribution in [-0.2, 0) is 4.74 Å². The van der Waals surface area contributed by atoms with E-state index in [1.807, 2.05) is 0 Å². The lowest BCUT2D eigenvalue weighted by molar-refractivity contribution is -0.0140. The Morgan fingerprint density at radius 2 is 2.32 bits per heavy atom. The van der Waals surface area contributed by atoms with Crippen molar-refractivity contribution in [1.29, 1.82) is 0 Å². The van der Waals surface area contributed by atoms with Crippen LogP contribution >= 0.6 is 15.9 Å². The number of hydrogen-bond donors (Lipinski definition) is 2. The summed E-state index contributed by atoms with van der Waals surface area (Å²) in [7, 11) is 0. The third-order valence-corrected chi connectivity index (χ3v) is 4.07. The molecule has 0 saturated carbocycles. The van der Waals surface area contributed by atoms with Crippen molar-refractivity contribution in [1.82, 2.24) is 5.32 Å². The smallest absolute Gasteiger partial charge is 0.254 e. The van der Waals surface area contributed by atoms with Crippen LogP contribution in [0, 0.1) is 12.7 Å². The van der Waals surface area contributed by atoms with Crippen LogP contribution in [0.5, 0.6) is 0 Å². The summed E-state index contributed by atoms with van der Waals surface area (Å²) >= 11 is 3.26. The zero-order chi connectivity index (χ0) is 14.0. The fourth-order valence-electron chi connectivity index (χ4n) is 2.04. The SMILES string of the molecule is Cc1c(Br)ccc(F)c1C(=O)N[C@@H]1COCC[C@H]1O. The maximum Gasteiger partial charge on any atom is 0.254 e. The Kier molecular flexibility index (Phi) is 4.54. The molecule has 1 amide bonds. The van der Waals surface area contributed by atoms with Crippen molar-refractivity contribution >= 4 is 21.8 Å². The predicted molar refractivity (Wildman–Crippen MR) is 71.5 cm³/mol. The molecule has 1 fully saturated rings. The molecule has 1 aromatic carbocycles. The number of amides is 1. The van der Waals surface area contributed by atoms with Gasteiger partial charge in [0.15, 0.2) is 0 Å². The minimum absolute atomic E-state index is 0.00727.